The van der Waals surface area contributed by atoms with Gasteiger partial charge >= 0.3 is 5.97 Å². The molecule has 4 aliphatic carbocycles. The van der Waals surface area contributed by atoms with Crippen molar-refractivity contribution in [1.29, 1.82) is 0 Å². The predicted molar refractivity (Wildman–Crippen MR) is 109 cm³/mol. The van der Waals surface area contributed by atoms with E-state index in [4.69, 9.17) is 4.74 Å². The van der Waals surface area contributed by atoms with Gasteiger partial charge in [-0.15, -0.1) is 0 Å². The van der Waals surface area contributed by atoms with Crippen molar-refractivity contribution in [3.8, 4) is 0 Å². The number of fused-ring (bicyclic) bond motifs is 5. The smallest absolute Gasteiger partial charge is 0.303 e. The van der Waals surface area contributed by atoms with Crippen molar-refractivity contribution in [2.45, 2.75) is 71.7 Å². The molecule has 2 N–H and O–H groups in total. The molecule has 4 rings (SSSR count). The zero-order chi connectivity index (χ0) is 22.1. The number of ether oxygens (including phenoxy) is 1. The van der Waals surface area contributed by atoms with Crippen LogP contribution >= 0.6 is 0 Å². The fourth-order valence-electron chi connectivity index (χ4n) is 7.69. The molecule has 164 valence electrons. The normalized spacial score (nSPS) is 44.8. The third-order valence-corrected chi connectivity index (χ3v) is 8.95. The first-order chi connectivity index (χ1) is 14.0. The Bertz CT molecular complexity index is 856. The lowest BCUT2D eigenvalue weighted by Crippen LogP contribution is -2.61. The maximum absolute atomic E-state index is 13.0. The van der Waals surface area contributed by atoms with Crippen LogP contribution < -0.4 is 0 Å². The molecule has 0 aliphatic heterocycles. The zero-order valence-electron chi connectivity index (χ0n) is 18.2. The van der Waals surface area contributed by atoms with Crippen molar-refractivity contribution in [3.05, 3.63) is 23.8 Å². The second-order valence-corrected chi connectivity index (χ2v) is 10.3. The molecule has 0 heterocycles. The summed E-state index contributed by atoms with van der Waals surface area (Å²) >= 11 is 0. The highest BCUT2D eigenvalue weighted by molar-refractivity contribution is 6.01. The van der Waals surface area contributed by atoms with Gasteiger partial charge in [0.05, 0.1) is 0 Å². The zero-order valence-corrected chi connectivity index (χ0v) is 18.2. The van der Waals surface area contributed by atoms with Crippen molar-refractivity contribution in [2.75, 3.05) is 0 Å². The Kier molecular flexibility index (Phi) is 4.90. The summed E-state index contributed by atoms with van der Waals surface area (Å²) in [7, 11) is 0. The Morgan fingerprint density at radius 2 is 1.83 bits per heavy atom. The molecule has 7 atom stereocenters. The van der Waals surface area contributed by atoms with Gasteiger partial charge in [0.2, 0.25) is 12.1 Å². The summed E-state index contributed by atoms with van der Waals surface area (Å²) in [6, 6.07) is 0. The maximum atomic E-state index is 13.0. The van der Waals surface area contributed by atoms with Gasteiger partial charge < -0.3 is 14.9 Å². The minimum atomic E-state index is -2.16. The van der Waals surface area contributed by atoms with Gasteiger partial charge in [-0.25, -0.2) is 0 Å². The Labute approximate surface area is 177 Å². The number of hydrogen-bond acceptors (Lipinski definition) is 6. The van der Waals surface area contributed by atoms with Gasteiger partial charge in [-0.05, 0) is 67.9 Å². The van der Waals surface area contributed by atoms with Gasteiger partial charge in [0.1, 0.15) is 0 Å². The molecule has 3 fully saturated rings. The number of carbonyl (C=O) groups excluding carboxylic acids is 3. The summed E-state index contributed by atoms with van der Waals surface area (Å²) in [5.74, 6) is -0.313. The van der Waals surface area contributed by atoms with Gasteiger partial charge in [-0.2, -0.15) is 0 Å². The minimum absolute atomic E-state index is 0.0469. The average Bonchev–Trinajstić information content (AvgIpc) is 2.95. The fraction of sp³-hybridized carbons (Fsp3) is 0.708. The van der Waals surface area contributed by atoms with Crippen LogP contribution in [-0.4, -0.2) is 39.6 Å². The van der Waals surface area contributed by atoms with Crippen LogP contribution in [0.1, 0.15) is 59.8 Å². The van der Waals surface area contributed by atoms with E-state index >= 15 is 0 Å². The van der Waals surface area contributed by atoms with Crippen LogP contribution in [0.4, 0.5) is 0 Å². The third-order valence-electron chi connectivity index (χ3n) is 8.95. The topological polar surface area (TPSA) is 101 Å². The van der Waals surface area contributed by atoms with E-state index in [1.807, 2.05) is 6.92 Å². The molecule has 0 aromatic rings. The van der Waals surface area contributed by atoms with Crippen LogP contribution in [0.3, 0.4) is 0 Å². The molecule has 0 radical (unpaired) electrons. The molecule has 6 nitrogen and oxygen atoms in total. The molecule has 0 saturated heterocycles. The molecule has 0 bridgehead atoms. The first-order valence-electron chi connectivity index (χ1n) is 11.0. The number of allylic oxidation sites excluding steroid dienone is 4. The first-order valence-corrected chi connectivity index (χ1v) is 11.0. The van der Waals surface area contributed by atoms with E-state index in [1.54, 1.807) is 12.2 Å². The monoisotopic (exact) mass is 416 g/mol. The SMILES string of the molecule is CC(=O)O[C@]1(C(=O)C(O)O)CC[C@H]2[C@@H]3CC(C)C4=CC(=O)C=C[C@]4(C)[C@H]3CC[C@@]21C. The number of ketones is 2. The highest BCUT2D eigenvalue weighted by Gasteiger charge is 2.69. The van der Waals surface area contributed by atoms with Crippen LogP contribution in [0.15, 0.2) is 23.8 Å². The van der Waals surface area contributed by atoms with E-state index < -0.39 is 29.1 Å². The molecule has 4 aliphatic rings. The highest BCUT2D eigenvalue weighted by atomic mass is 16.6. The van der Waals surface area contributed by atoms with Gasteiger partial charge in [-0.1, -0.05) is 32.4 Å². The molecule has 1 unspecified atom stereocenters. The Morgan fingerprint density at radius 3 is 2.47 bits per heavy atom. The molecule has 0 aromatic carbocycles. The van der Waals surface area contributed by atoms with Crippen LogP contribution in [0.2, 0.25) is 0 Å². The summed E-state index contributed by atoms with van der Waals surface area (Å²) in [5.41, 5.74) is -1.14. The van der Waals surface area contributed by atoms with Crippen molar-refractivity contribution in [1.82, 2.24) is 0 Å². The molecule has 30 heavy (non-hydrogen) atoms. The summed E-state index contributed by atoms with van der Waals surface area (Å²) in [5, 5.41) is 19.5. The Morgan fingerprint density at radius 1 is 1.17 bits per heavy atom. The van der Waals surface area contributed by atoms with Crippen molar-refractivity contribution < 1.29 is 29.3 Å². The molecular weight excluding hydrogens is 384 g/mol. The van der Waals surface area contributed by atoms with Crippen LogP contribution in [0, 0.1) is 34.5 Å². The summed E-state index contributed by atoms with van der Waals surface area (Å²) in [6.07, 6.45) is 6.80. The lowest BCUT2D eigenvalue weighted by Gasteiger charge is -2.59. The fourth-order valence-corrected chi connectivity index (χ4v) is 7.69. The van der Waals surface area contributed by atoms with E-state index in [0.717, 1.165) is 12.8 Å². The predicted octanol–water partition coefficient (Wildman–Crippen LogP) is 2.72. The quantitative estimate of drug-likeness (QED) is 0.542. The van der Waals surface area contributed by atoms with E-state index in [-0.39, 0.29) is 23.0 Å². The van der Waals surface area contributed by atoms with Gasteiger partial charge in [0.25, 0.3) is 0 Å². The molecule has 0 aromatic heterocycles. The first kappa shape index (κ1) is 21.4. The summed E-state index contributed by atoms with van der Waals surface area (Å²) in [6.45, 7) is 7.64. The number of aliphatic hydroxyl groups is 2. The lowest BCUT2D eigenvalue weighted by atomic mass is 9.45. The molecule has 6 heteroatoms. The number of aliphatic hydroxyl groups excluding tert-OH is 1. The Balaban J connectivity index is 1.75. The van der Waals surface area contributed by atoms with Crippen LogP contribution in [0.5, 0.6) is 0 Å². The number of carbonyl (C=O) groups is 3. The Hall–Kier alpha value is -1.79. The molecule has 0 amide bonds. The van der Waals surface area contributed by atoms with Crippen molar-refractivity contribution in [2.24, 2.45) is 34.5 Å². The average molecular weight is 417 g/mol. The largest absolute Gasteiger partial charge is 0.450 e. The number of Topliss-reactive ketones (excluding diaryl/α,β-unsaturated/α-hetero) is 1. The second kappa shape index (κ2) is 6.86. The lowest BCUT2D eigenvalue weighted by molar-refractivity contribution is -0.201. The summed E-state index contributed by atoms with van der Waals surface area (Å²) in [4.78, 5) is 37.0. The number of rotatable bonds is 3. The van der Waals surface area contributed by atoms with Crippen molar-refractivity contribution in [3.63, 3.8) is 0 Å². The molecule has 3 saturated carbocycles. The molecule has 0 spiro atoms. The second-order valence-electron chi connectivity index (χ2n) is 10.3. The van der Waals surface area contributed by atoms with E-state index in [1.165, 1.54) is 12.5 Å². The van der Waals surface area contributed by atoms with Gasteiger partial charge in [-0.3, -0.25) is 14.4 Å². The van der Waals surface area contributed by atoms with E-state index in [9.17, 15) is 24.6 Å². The maximum Gasteiger partial charge on any atom is 0.303 e. The highest BCUT2D eigenvalue weighted by Crippen LogP contribution is 2.68. The molecular formula is C24H32O6. The third kappa shape index (κ3) is 2.72. The van der Waals surface area contributed by atoms with Gasteiger partial charge in [0, 0.05) is 17.8 Å². The van der Waals surface area contributed by atoms with Crippen molar-refractivity contribution >= 4 is 17.5 Å². The van der Waals surface area contributed by atoms with Gasteiger partial charge in [0.15, 0.2) is 11.4 Å². The van der Waals surface area contributed by atoms with E-state index in [2.05, 4.69) is 19.9 Å². The number of hydrogen-bond donors (Lipinski definition) is 2. The standard InChI is InChI=1S/C24H32O6/c1-13-11-16-17(22(3)8-5-15(26)12-19(13)22)6-9-23(4)18(16)7-10-24(23,30-14(2)25)20(27)21(28)29/h5,8,12-13,16-18,21,28-29H,6-7,9-11H2,1-4H3/t13?,16-,17+,18+,22-,23+,24+/m1/s1. The van der Waals surface area contributed by atoms with Crippen LogP contribution in [-0.2, 0) is 19.1 Å². The summed E-state index contributed by atoms with van der Waals surface area (Å²) < 4.78 is 5.67. The minimum Gasteiger partial charge on any atom is -0.450 e. The van der Waals surface area contributed by atoms with Crippen LogP contribution in [0.25, 0.3) is 0 Å². The number of esters is 1. The van der Waals surface area contributed by atoms with E-state index in [0.29, 0.717) is 31.1 Å².